The Morgan fingerprint density at radius 3 is 2.74 bits per heavy atom. The standard InChI is InChI=1S/C16H21BrO2/c17-14-6-2-1-5-13(14)15(18)12-7-10-19-16(11-12)8-3-4-9-16/h1-2,5-6,12,15,18H,3-4,7-11H2. The van der Waals surface area contributed by atoms with Gasteiger partial charge in [-0.05, 0) is 43.2 Å². The summed E-state index contributed by atoms with van der Waals surface area (Å²) in [6.07, 6.45) is 6.49. The molecule has 19 heavy (non-hydrogen) atoms. The highest BCUT2D eigenvalue weighted by molar-refractivity contribution is 9.10. The van der Waals surface area contributed by atoms with Gasteiger partial charge in [0.1, 0.15) is 0 Å². The lowest BCUT2D eigenvalue weighted by molar-refractivity contribution is -0.113. The van der Waals surface area contributed by atoms with Crippen LogP contribution in [-0.2, 0) is 4.74 Å². The Balaban J connectivity index is 1.76. The van der Waals surface area contributed by atoms with Crippen molar-refractivity contribution in [2.75, 3.05) is 6.61 Å². The molecule has 104 valence electrons. The third-order valence-electron chi connectivity index (χ3n) is 4.72. The lowest BCUT2D eigenvalue weighted by atomic mass is 9.80. The van der Waals surface area contributed by atoms with Crippen molar-refractivity contribution in [1.29, 1.82) is 0 Å². The molecule has 1 spiro atoms. The second-order valence-corrected chi connectivity index (χ2v) is 6.81. The molecule has 1 saturated heterocycles. The summed E-state index contributed by atoms with van der Waals surface area (Å²) >= 11 is 3.55. The Labute approximate surface area is 123 Å². The fraction of sp³-hybridized carbons (Fsp3) is 0.625. The summed E-state index contributed by atoms with van der Waals surface area (Å²) in [6, 6.07) is 8.01. The molecule has 0 amide bonds. The molecule has 2 fully saturated rings. The van der Waals surface area contributed by atoms with Crippen LogP contribution in [0, 0.1) is 5.92 Å². The number of hydrogen-bond donors (Lipinski definition) is 1. The fourth-order valence-corrected chi connectivity index (χ4v) is 4.19. The van der Waals surface area contributed by atoms with E-state index in [0.29, 0.717) is 5.92 Å². The van der Waals surface area contributed by atoms with Crippen molar-refractivity contribution in [1.82, 2.24) is 0 Å². The van der Waals surface area contributed by atoms with Crippen LogP contribution in [0.3, 0.4) is 0 Å². The van der Waals surface area contributed by atoms with Gasteiger partial charge in [0.05, 0.1) is 11.7 Å². The summed E-state index contributed by atoms with van der Waals surface area (Å²) in [4.78, 5) is 0. The van der Waals surface area contributed by atoms with Gasteiger partial charge in [-0.15, -0.1) is 0 Å². The van der Waals surface area contributed by atoms with Crippen molar-refractivity contribution in [3.8, 4) is 0 Å². The van der Waals surface area contributed by atoms with Gasteiger partial charge in [0.15, 0.2) is 0 Å². The minimum atomic E-state index is -0.378. The summed E-state index contributed by atoms with van der Waals surface area (Å²) in [5.41, 5.74) is 1.09. The molecule has 1 heterocycles. The van der Waals surface area contributed by atoms with Crippen molar-refractivity contribution in [2.24, 2.45) is 5.92 Å². The van der Waals surface area contributed by atoms with Crippen LogP contribution >= 0.6 is 15.9 Å². The first-order chi connectivity index (χ1) is 9.20. The minimum Gasteiger partial charge on any atom is -0.388 e. The van der Waals surface area contributed by atoms with Gasteiger partial charge >= 0.3 is 0 Å². The summed E-state index contributed by atoms with van der Waals surface area (Å²) in [5, 5.41) is 10.7. The number of benzene rings is 1. The third-order valence-corrected chi connectivity index (χ3v) is 5.44. The van der Waals surface area contributed by atoms with Crippen LogP contribution in [0.1, 0.15) is 50.2 Å². The lowest BCUT2D eigenvalue weighted by Gasteiger charge is -2.40. The minimum absolute atomic E-state index is 0.0746. The summed E-state index contributed by atoms with van der Waals surface area (Å²) in [5.74, 6) is 0.325. The van der Waals surface area contributed by atoms with Crippen molar-refractivity contribution >= 4 is 15.9 Å². The number of hydrogen-bond acceptors (Lipinski definition) is 2. The maximum Gasteiger partial charge on any atom is 0.0831 e. The van der Waals surface area contributed by atoms with E-state index in [1.165, 1.54) is 25.7 Å². The van der Waals surface area contributed by atoms with E-state index in [4.69, 9.17) is 4.74 Å². The van der Waals surface area contributed by atoms with Crippen LogP contribution in [0.4, 0.5) is 0 Å². The largest absolute Gasteiger partial charge is 0.388 e. The smallest absolute Gasteiger partial charge is 0.0831 e. The number of ether oxygens (including phenoxy) is 1. The highest BCUT2D eigenvalue weighted by Crippen LogP contribution is 2.45. The number of aliphatic hydroxyl groups excluding tert-OH is 1. The number of rotatable bonds is 2. The van der Waals surface area contributed by atoms with E-state index >= 15 is 0 Å². The molecule has 1 saturated carbocycles. The molecule has 1 N–H and O–H groups in total. The molecule has 2 nitrogen and oxygen atoms in total. The van der Waals surface area contributed by atoms with E-state index in [2.05, 4.69) is 15.9 Å². The molecule has 3 rings (SSSR count). The second-order valence-electron chi connectivity index (χ2n) is 5.96. The monoisotopic (exact) mass is 324 g/mol. The number of aliphatic hydroxyl groups is 1. The zero-order chi connectivity index (χ0) is 13.3. The maximum absolute atomic E-state index is 10.7. The number of halogens is 1. The van der Waals surface area contributed by atoms with Crippen LogP contribution in [0.5, 0.6) is 0 Å². The van der Waals surface area contributed by atoms with Crippen LogP contribution in [0.15, 0.2) is 28.7 Å². The van der Waals surface area contributed by atoms with E-state index in [1.807, 2.05) is 24.3 Å². The van der Waals surface area contributed by atoms with E-state index in [0.717, 1.165) is 29.5 Å². The van der Waals surface area contributed by atoms with Crippen molar-refractivity contribution < 1.29 is 9.84 Å². The van der Waals surface area contributed by atoms with Crippen molar-refractivity contribution in [3.05, 3.63) is 34.3 Å². The van der Waals surface area contributed by atoms with E-state index in [1.54, 1.807) is 0 Å². The van der Waals surface area contributed by atoms with Gasteiger partial charge in [0.2, 0.25) is 0 Å². The van der Waals surface area contributed by atoms with E-state index < -0.39 is 0 Å². The van der Waals surface area contributed by atoms with Gasteiger partial charge in [-0.3, -0.25) is 0 Å². The molecule has 1 aromatic carbocycles. The Kier molecular flexibility index (Phi) is 3.97. The first-order valence-corrected chi connectivity index (χ1v) is 8.06. The molecule has 3 heteroatoms. The van der Waals surface area contributed by atoms with Gasteiger partial charge in [0, 0.05) is 11.1 Å². The Bertz CT molecular complexity index is 440. The van der Waals surface area contributed by atoms with Crippen LogP contribution in [-0.4, -0.2) is 17.3 Å². The average Bonchev–Trinajstić information content (AvgIpc) is 2.86. The predicted octanol–water partition coefficient (Wildman–Crippen LogP) is 4.22. The quantitative estimate of drug-likeness (QED) is 0.882. The molecule has 1 aliphatic carbocycles. The molecule has 2 aliphatic rings. The van der Waals surface area contributed by atoms with Gasteiger partial charge < -0.3 is 9.84 Å². The molecular formula is C16H21BrO2. The van der Waals surface area contributed by atoms with Crippen molar-refractivity contribution in [2.45, 2.75) is 50.2 Å². The van der Waals surface area contributed by atoms with Crippen LogP contribution in [0.2, 0.25) is 0 Å². The predicted molar refractivity (Wildman–Crippen MR) is 79.0 cm³/mol. The highest BCUT2D eigenvalue weighted by Gasteiger charge is 2.42. The Morgan fingerprint density at radius 2 is 2.00 bits per heavy atom. The summed E-state index contributed by atoms with van der Waals surface area (Å²) in [6.45, 7) is 0.798. The van der Waals surface area contributed by atoms with Crippen LogP contribution < -0.4 is 0 Å². The summed E-state index contributed by atoms with van der Waals surface area (Å²) < 4.78 is 7.06. The maximum atomic E-state index is 10.7. The molecule has 1 aliphatic heterocycles. The molecule has 0 radical (unpaired) electrons. The molecule has 2 unspecified atom stereocenters. The molecule has 1 aromatic rings. The zero-order valence-corrected chi connectivity index (χ0v) is 12.7. The average molecular weight is 325 g/mol. The highest BCUT2D eigenvalue weighted by atomic mass is 79.9. The SMILES string of the molecule is OC(c1ccccc1Br)C1CCOC2(CCCC2)C1. The van der Waals surface area contributed by atoms with Crippen molar-refractivity contribution in [3.63, 3.8) is 0 Å². The van der Waals surface area contributed by atoms with Gasteiger partial charge in [-0.25, -0.2) is 0 Å². The fourth-order valence-electron chi connectivity index (χ4n) is 3.67. The van der Waals surface area contributed by atoms with Gasteiger partial charge in [0.25, 0.3) is 0 Å². The Morgan fingerprint density at radius 1 is 1.26 bits per heavy atom. The topological polar surface area (TPSA) is 29.5 Å². The second kappa shape index (κ2) is 5.55. The van der Waals surface area contributed by atoms with Gasteiger partial charge in [-0.2, -0.15) is 0 Å². The third kappa shape index (κ3) is 2.74. The van der Waals surface area contributed by atoms with Gasteiger partial charge in [-0.1, -0.05) is 47.0 Å². The van der Waals surface area contributed by atoms with E-state index in [-0.39, 0.29) is 11.7 Å². The normalized spacial score (nSPS) is 27.6. The molecule has 0 aromatic heterocycles. The first-order valence-electron chi connectivity index (χ1n) is 7.27. The lowest BCUT2D eigenvalue weighted by Crippen LogP contribution is -2.39. The molecular weight excluding hydrogens is 304 g/mol. The summed E-state index contributed by atoms with van der Waals surface area (Å²) in [7, 11) is 0. The zero-order valence-electron chi connectivity index (χ0n) is 11.1. The van der Waals surface area contributed by atoms with E-state index in [9.17, 15) is 5.11 Å². The Hall–Kier alpha value is -0.380. The molecule has 2 atom stereocenters. The first kappa shape index (κ1) is 13.6. The molecule has 0 bridgehead atoms. The van der Waals surface area contributed by atoms with Crippen LogP contribution in [0.25, 0.3) is 0 Å².